The summed E-state index contributed by atoms with van der Waals surface area (Å²) in [6.45, 7) is 2.08. The average molecular weight is 325 g/mol. The molecule has 0 unspecified atom stereocenters. The Kier molecular flexibility index (Phi) is 5.41. The molecule has 0 saturated carbocycles. The van der Waals surface area contributed by atoms with Crippen LogP contribution in [-0.2, 0) is 0 Å². The molecule has 1 aromatic heterocycles. The Balaban J connectivity index is 0.00000192. The van der Waals surface area contributed by atoms with Crippen LogP contribution in [-0.4, -0.2) is 19.1 Å². The summed E-state index contributed by atoms with van der Waals surface area (Å²) in [5.41, 5.74) is 4.58. The second-order valence-electron chi connectivity index (χ2n) is 5.69. The molecule has 0 saturated heterocycles. The van der Waals surface area contributed by atoms with Crippen LogP contribution < -0.4 is 4.90 Å². The van der Waals surface area contributed by atoms with Crippen molar-refractivity contribution in [3.05, 3.63) is 71.5 Å². The number of benzene rings is 2. The summed E-state index contributed by atoms with van der Waals surface area (Å²) >= 11 is 0. The number of anilines is 1. The van der Waals surface area contributed by atoms with Crippen LogP contribution in [0.3, 0.4) is 0 Å². The van der Waals surface area contributed by atoms with E-state index in [1.807, 2.05) is 6.20 Å². The van der Waals surface area contributed by atoms with Gasteiger partial charge in [-0.25, -0.2) is 0 Å². The van der Waals surface area contributed by atoms with E-state index in [0.29, 0.717) is 0 Å². The molecule has 0 amide bonds. The van der Waals surface area contributed by atoms with Crippen molar-refractivity contribution in [2.24, 2.45) is 0 Å². The lowest BCUT2D eigenvalue weighted by Gasteiger charge is -2.15. The Morgan fingerprint density at radius 1 is 0.957 bits per heavy atom. The zero-order chi connectivity index (χ0) is 15.5. The number of rotatable bonds is 3. The Bertz CT molecular complexity index is 833. The third kappa shape index (κ3) is 3.72. The van der Waals surface area contributed by atoms with Crippen LogP contribution in [0, 0.1) is 6.92 Å². The first-order valence-corrected chi connectivity index (χ1v) is 7.45. The molecule has 0 fully saturated rings. The number of aromatic nitrogens is 1. The maximum absolute atomic E-state index is 4.50. The predicted octanol–water partition coefficient (Wildman–Crippen LogP) is 5.20. The van der Waals surface area contributed by atoms with Gasteiger partial charge in [-0.15, -0.1) is 12.4 Å². The minimum absolute atomic E-state index is 0. The summed E-state index contributed by atoms with van der Waals surface area (Å²) in [5.74, 6) is 0. The molecule has 0 aliphatic carbocycles. The van der Waals surface area contributed by atoms with Gasteiger partial charge in [-0.3, -0.25) is 4.98 Å². The molecule has 0 bridgehead atoms. The van der Waals surface area contributed by atoms with Crippen LogP contribution in [0.4, 0.5) is 5.69 Å². The first-order valence-electron chi connectivity index (χ1n) is 7.45. The molecule has 118 valence electrons. The van der Waals surface area contributed by atoms with Crippen LogP contribution in [0.15, 0.2) is 54.7 Å². The molecule has 3 heteroatoms. The van der Waals surface area contributed by atoms with E-state index in [1.165, 1.54) is 27.6 Å². The second kappa shape index (κ2) is 7.30. The van der Waals surface area contributed by atoms with Crippen molar-refractivity contribution in [1.82, 2.24) is 4.98 Å². The summed E-state index contributed by atoms with van der Waals surface area (Å²) < 4.78 is 0. The quantitative estimate of drug-likeness (QED) is 0.658. The largest absolute Gasteiger partial charge is 0.377 e. The maximum Gasteiger partial charge on any atom is 0.0650 e. The molecular weight excluding hydrogens is 304 g/mol. The van der Waals surface area contributed by atoms with Crippen molar-refractivity contribution in [3.8, 4) is 0 Å². The van der Waals surface area contributed by atoms with Crippen molar-refractivity contribution >= 4 is 41.0 Å². The zero-order valence-corrected chi connectivity index (χ0v) is 14.5. The van der Waals surface area contributed by atoms with Crippen LogP contribution in [0.1, 0.15) is 16.8 Å². The first kappa shape index (κ1) is 17.0. The summed E-state index contributed by atoms with van der Waals surface area (Å²) in [7, 11) is 4.11. The van der Waals surface area contributed by atoms with Crippen molar-refractivity contribution in [2.75, 3.05) is 19.0 Å². The number of nitrogens with zero attached hydrogens (tertiary/aromatic N) is 2. The fourth-order valence-corrected chi connectivity index (χ4v) is 2.67. The lowest BCUT2D eigenvalue weighted by Crippen LogP contribution is -2.10. The van der Waals surface area contributed by atoms with E-state index < -0.39 is 0 Å². The molecule has 3 rings (SSSR count). The number of aryl methyl sites for hydroxylation is 1. The number of hydrogen-bond donors (Lipinski definition) is 0. The van der Waals surface area contributed by atoms with Gasteiger partial charge < -0.3 is 4.90 Å². The van der Waals surface area contributed by atoms with Crippen molar-refractivity contribution < 1.29 is 0 Å². The predicted molar refractivity (Wildman–Crippen MR) is 103 cm³/mol. The van der Waals surface area contributed by atoms with Gasteiger partial charge in [0.05, 0.1) is 5.69 Å². The van der Waals surface area contributed by atoms with Crippen LogP contribution in [0.5, 0.6) is 0 Å². The van der Waals surface area contributed by atoms with Gasteiger partial charge in [0.2, 0.25) is 0 Å². The molecule has 2 aromatic carbocycles. The smallest absolute Gasteiger partial charge is 0.0650 e. The van der Waals surface area contributed by atoms with Gasteiger partial charge >= 0.3 is 0 Å². The fourth-order valence-electron chi connectivity index (χ4n) is 2.67. The third-order valence-corrected chi connectivity index (χ3v) is 3.83. The van der Waals surface area contributed by atoms with E-state index in [1.54, 1.807) is 0 Å². The van der Waals surface area contributed by atoms with E-state index in [0.717, 1.165) is 5.69 Å². The molecule has 2 nitrogen and oxygen atoms in total. The zero-order valence-electron chi connectivity index (χ0n) is 13.7. The summed E-state index contributed by atoms with van der Waals surface area (Å²) in [4.78, 5) is 6.62. The SMILES string of the molecule is Cc1cnc(C=Cc2cccc3ccccc23)cc1N(C)C.Cl. The lowest BCUT2D eigenvalue weighted by molar-refractivity contribution is 1.09. The number of hydrogen-bond acceptors (Lipinski definition) is 2. The van der Waals surface area contributed by atoms with Crippen molar-refractivity contribution in [1.29, 1.82) is 0 Å². The van der Waals surface area contributed by atoms with Crippen LogP contribution in [0.2, 0.25) is 0 Å². The molecular formula is C20H21ClN2. The van der Waals surface area contributed by atoms with E-state index >= 15 is 0 Å². The van der Waals surface area contributed by atoms with Gasteiger partial charge in [-0.05, 0) is 41.0 Å². The van der Waals surface area contributed by atoms with Gasteiger partial charge in [0.25, 0.3) is 0 Å². The molecule has 0 spiro atoms. The summed E-state index contributed by atoms with van der Waals surface area (Å²) in [6.07, 6.45) is 6.14. The summed E-state index contributed by atoms with van der Waals surface area (Å²) in [6, 6.07) is 16.9. The molecule has 1 heterocycles. The molecule has 3 aromatic rings. The number of fused-ring (bicyclic) bond motifs is 1. The molecule has 23 heavy (non-hydrogen) atoms. The minimum atomic E-state index is 0. The highest BCUT2D eigenvalue weighted by Crippen LogP contribution is 2.22. The maximum atomic E-state index is 4.50. The highest BCUT2D eigenvalue weighted by Gasteiger charge is 2.02. The van der Waals surface area contributed by atoms with Crippen LogP contribution in [0.25, 0.3) is 22.9 Å². The van der Waals surface area contributed by atoms with Gasteiger partial charge in [0, 0.05) is 26.0 Å². The number of pyridine rings is 1. The average Bonchev–Trinajstić information content (AvgIpc) is 2.53. The molecule has 0 aliphatic heterocycles. The van der Waals surface area contributed by atoms with Gasteiger partial charge in [-0.1, -0.05) is 48.5 Å². The van der Waals surface area contributed by atoms with Gasteiger partial charge in [0.1, 0.15) is 0 Å². The van der Waals surface area contributed by atoms with Crippen molar-refractivity contribution in [2.45, 2.75) is 6.92 Å². The normalized spacial score (nSPS) is 10.7. The molecule has 0 atom stereocenters. The Morgan fingerprint density at radius 2 is 1.70 bits per heavy atom. The lowest BCUT2D eigenvalue weighted by atomic mass is 10.0. The topological polar surface area (TPSA) is 16.1 Å². The highest BCUT2D eigenvalue weighted by molar-refractivity contribution is 5.92. The third-order valence-electron chi connectivity index (χ3n) is 3.83. The van der Waals surface area contributed by atoms with E-state index in [2.05, 4.69) is 91.6 Å². The highest BCUT2D eigenvalue weighted by atomic mass is 35.5. The summed E-state index contributed by atoms with van der Waals surface area (Å²) in [5, 5.41) is 2.52. The van der Waals surface area contributed by atoms with E-state index in [-0.39, 0.29) is 12.4 Å². The van der Waals surface area contributed by atoms with Crippen LogP contribution >= 0.6 is 12.4 Å². The Morgan fingerprint density at radius 3 is 2.48 bits per heavy atom. The standard InChI is InChI=1S/C20H20N2.ClH/c1-15-14-21-18(13-20(15)22(2)3)12-11-17-9-6-8-16-7-4-5-10-19(16)17;/h4-14H,1-3H3;1H. The first-order chi connectivity index (χ1) is 10.6. The molecule has 0 aliphatic rings. The Hall–Kier alpha value is -2.32. The fraction of sp³-hybridized carbons (Fsp3) is 0.150. The van der Waals surface area contributed by atoms with E-state index in [9.17, 15) is 0 Å². The van der Waals surface area contributed by atoms with Crippen molar-refractivity contribution in [3.63, 3.8) is 0 Å². The van der Waals surface area contributed by atoms with Gasteiger partial charge in [-0.2, -0.15) is 0 Å². The second-order valence-corrected chi connectivity index (χ2v) is 5.69. The Labute approximate surface area is 143 Å². The molecule has 0 N–H and O–H groups in total. The monoisotopic (exact) mass is 324 g/mol. The van der Waals surface area contributed by atoms with Gasteiger partial charge in [0.15, 0.2) is 0 Å². The number of halogens is 1. The minimum Gasteiger partial charge on any atom is -0.377 e. The van der Waals surface area contributed by atoms with E-state index in [4.69, 9.17) is 0 Å². The molecule has 0 radical (unpaired) electrons.